The van der Waals surface area contributed by atoms with E-state index in [1.807, 2.05) is 0 Å². The molecular weight excluding hydrogens is 270 g/mol. The molecule has 0 spiro atoms. The molecule has 0 fully saturated rings. The number of benzene rings is 1. The van der Waals surface area contributed by atoms with Crippen molar-refractivity contribution in [3.05, 3.63) is 54.0 Å². The zero-order chi connectivity index (χ0) is 13.9. The number of carboxylic acid groups (broad SMARTS) is 1. The number of hydrogen-bond donors (Lipinski definition) is 1. The highest BCUT2D eigenvalue weighted by Gasteiger charge is 2.14. The van der Waals surface area contributed by atoms with Gasteiger partial charge in [0.05, 0.1) is 23.7 Å². The van der Waals surface area contributed by atoms with Crippen molar-refractivity contribution in [3.63, 3.8) is 0 Å². The van der Waals surface area contributed by atoms with Crippen LogP contribution in [0.25, 0.3) is 0 Å². The number of nitrogens with one attached hydrogen (secondary N) is 1. The van der Waals surface area contributed by atoms with E-state index in [0.29, 0.717) is 5.76 Å². The second-order valence-electron chi connectivity index (χ2n) is 3.72. The number of sulfonamides is 1. The Labute approximate surface area is 109 Å². The van der Waals surface area contributed by atoms with Gasteiger partial charge in [-0.1, -0.05) is 12.1 Å². The van der Waals surface area contributed by atoms with Gasteiger partial charge >= 0.3 is 0 Å². The van der Waals surface area contributed by atoms with E-state index >= 15 is 0 Å². The van der Waals surface area contributed by atoms with Crippen LogP contribution < -0.4 is 9.83 Å². The van der Waals surface area contributed by atoms with Gasteiger partial charge in [0.25, 0.3) is 0 Å². The molecular formula is C12H10NO5S-. The molecule has 6 nitrogen and oxygen atoms in total. The van der Waals surface area contributed by atoms with E-state index < -0.39 is 16.0 Å². The largest absolute Gasteiger partial charge is 0.545 e. The molecule has 100 valence electrons. The van der Waals surface area contributed by atoms with Crippen LogP contribution in [-0.2, 0) is 16.6 Å². The maximum absolute atomic E-state index is 11.9. The molecule has 0 aliphatic heterocycles. The van der Waals surface area contributed by atoms with Crippen LogP contribution >= 0.6 is 0 Å². The third-order valence-electron chi connectivity index (χ3n) is 2.42. The fourth-order valence-electron chi connectivity index (χ4n) is 1.43. The van der Waals surface area contributed by atoms with Gasteiger partial charge in [0, 0.05) is 0 Å². The summed E-state index contributed by atoms with van der Waals surface area (Å²) in [4.78, 5) is 10.5. The molecule has 0 saturated carbocycles. The predicted octanol–water partition coefficient (Wildman–Crippen LogP) is 0.122. The maximum Gasteiger partial charge on any atom is 0.240 e. The van der Waals surface area contributed by atoms with Gasteiger partial charge < -0.3 is 14.3 Å². The summed E-state index contributed by atoms with van der Waals surface area (Å²) in [6, 6.07) is 8.05. The lowest BCUT2D eigenvalue weighted by Crippen LogP contribution is -2.24. The standard InChI is InChI=1S/C12H11NO5S/c14-12(15)9-3-5-11(6-4-9)19(16,17)13-8-10-2-1-7-18-10/h1-7,13H,8H2,(H,14,15)/p-1. The number of aromatic carboxylic acids is 1. The highest BCUT2D eigenvalue weighted by Crippen LogP contribution is 2.11. The molecule has 7 heteroatoms. The summed E-state index contributed by atoms with van der Waals surface area (Å²) in [6.07, 6.45) is 1.44. The van der Waals surface area contributed by atoms with Crippen LogP contribution in [0.4, 0.5) is 0 Å². The van der Waals surface area contributed by atoms with Gasteiger partial charge in [0.15, 0.2) is 0 Å². The van der Waals surface area contributed by atoms with Crippen molar-refractivity contribution in [1.82, 2.24) is 4.72 Å². The van der Waals surface area contributed by atoms with Crippen LogP contribution in [-0.4, -0.2) is 14.4 Å². The number of carboxylic acids is 1. The Balaban J connectivity index is 2.13. The fourth-order valence-corrected chi connectivity index (χ4v) is 2.43. The number of carbonyl (C=O) groups excluding carboxylic acids is 1. The molecule has 0 aliphatic carbocycles. The van der Waals surface area contributed by atoms with Gasteiger partial charge in [0.1, 0.15) is 5.76 Å². The summed E-state index contributed by atoms with van der Waals surface area (Å²) >= 11 is 0. The minimum atomic E-state index is -3.70. The van der Waals surface area contributed by atoms with Crippen molar-refractivity contribution in [2.75, 3.05) is 0 Å². The number of hydrogen-bond acceptors (Lipinski definition) is 5. The van der Waals surface area contributed by atoms with Crippen LogP contribution in [0.1, 0.15) is 16.1 Å². The summed E-state index contributed by atoms with van der Waals surface area (Å²) in [7, 11) is -3.70. The van der Waals surface area contributed by atoms with Gasteiger partial charge in [0.2, 0.25) is 10.0 Å². The predicted molar refractivity (Wildman–Crippen MR) is 63.5 cm³/mol. The first-order valence-corrected chi connectivity index (χ1v) is 6.81. The lowest BCUT2D eigenvalue weighted by atomic mass is 10.2. The van der Waals surface area contributed by atoms with E-state index in [9.17, 15) is 18.3 Å². The Hall–Kier alpha value is -2.12. The molecule has 1 N–H and O–H groups in total. The zero-order valence-electron chi connectivity index (χ0n) is 9.70. The van der Waals surface area contributed by atoms with Crippen molar-refractivity contribution in [2.45, 2.75) is 11.4 Å². The maximum atomic E-state index is 11.9. The lowest BCUT2D eigenvalue weighted by Gasteiger charge is -2.07. The first-order valence-electron chi connectivity index (χ1n) is 5.32. The Morgan fingerprint density at radius 3 is 2.42 bits per heavy atom. The summed E-state index contributed by atoms with van der Waals surface area (Å²) < 4.78 is 31.1. The molecule has 1 aromatic carbocycles. The molecule has 0 bridgehead atoms. The third-order valence-corrected chi connectivity index (χ3v) is 3.83. The van der Waals surface area contributed by atoms with Crippen LogP contribution in [0.5, 0.6) is 0 Å². The molecule has 19 heavy (non-hydrogen) atoms. The molecule has 0 unspecified atom stereocenters. The smallest absolute Gasteiger partial charge is 0.240 e. The van der Waals surface area contributed by atoms with Gasteiger partial charge in [-0.15, -0.1) is 0 Å². The molecule has 0 radical (unpaired) electrons. The van der Waals surface area contributed by atoms with E-state index in [1.165, 1.54) is 30.5 Å². The van der Waals surface area contributed by atoms with Gasteiger partial charge in [-0.05, 0) is 29.8 Å². The first kappa shape index (κ1) is 13.3. The minimum Gasteiger partial charge on any atom is -0.545 e. The molecule has 1 heterocycles. The minimum absolute atomic E-state index is 0.0240. The topological polar surface area (TPSA) is 99.4 Å². The quantitative estimate of drug-likeness (QED) is 0.838. The normalized spacial score (nSPS) is 11.4. The van der Waals surface area contributed by atoms with Crippen LogP contribution in [0.2, 0.25) is 0 Å². The molecule has 2 rings (SSSR count). The molecule has 1 aromatic heterocycles. The monoisotopic (exact) mass is 280 g/mol. The van der Waals surface area contributed by atoms with Crippen molar-refractivity contribution in [3.8, 4) is 0 Å². The average molecular weight is 280 g/mol. The molecule has 2 aromatic rings. The average Bonchev–Trinajstić information content (AvgIpc) is 2.90. The molecule has 0 aliphatic rings. The van der Waals surface area contributed by atoms with E-state index in [1.54, 1.807) is 12.1 Å². The number of rotatable bonds is 5. The van der Waals surface area contributed by atoms with Crippen LogP contribution in [0.15, 0.2) is 52.0 Å². The third kappa shape index (κ3) is 3.21. The highest BCUT2D eigenvalue weighted by molar-refractivity contribution is 7.89. The Morgan fingerprint density at radius 2 is 1.89 bits per heavy atom. The zero-order valence-corrected chi connectivity index (χ0v) is 10.5. The van der Waals surface area contributed by atoms with Crippen molar-refractivity contribution >= 4 is 16.0 Å². The van der Waals surface area contributed by atoms with Gasteiger partial charge in [-0.2, -0.15) is 0 Å². The lowest BCUT2D eigenvalue weighted by molar-refractivity contribution is -0.255. The summed E-state index contributed by atoms with van der Waals surface area (Å²) in [5.41, 5.74) is -0.0787. The Bertz CT molecular complexity index is 659. The van der Waals surface area contributed by atoms with Crippen molar-refractivity contribution in [1.29, 1.82) is 0 Å². The van der Waals surface area contributed by atoms with Crippen LogP contribution in [0.3, 0.4) is 0 Å². The fraction of sp³-hybridized carbons (Fsp3) is 0.0833. The van der Waals surface area contributed by atoms with E-state index in [0.717, 1.165) is 0 Å². The number of furan rings is 1. The van der Waals surface area contributed by atoms with E-state index in [4.69, 9.17) is 4.42 Å². The van der Waals surface area contributed by atoms with Gasteiger partial charge in [-0.3, -0.25) is 0 Å². The molecule has 0 atom stereocenters. The number of carbonyl (C=O) groups is 1. The summed E-state index contributed by atoms with van der Waals surface area (Å²) in [5.74, 6) is -0.873. The van der Waals surface area contributed by atoms with Crippen molar-refractivity contribution in [2.24, 2.45) is 0 Å². The van der Waals surface area contributed by atoms with Gasteiger partial charge in [-0.25, -0.2) is 13.1 Å². The molecule has 0 saturated heterocycles. The second-order valence-corrected chi connectivity index (χ2v) is 5.48. The van der Waals surface area contributed by atoms with E-state index in [-0.39, 0.29) is 17.0 Å². The summed E-state index contributed by atoms with van der Waals surface area (Å²) in [6.45, 7) is 0.0254. The first-order chi connectivity index (χ1) is 8.99. The second kappa shape index (κ2) is 5.25. The molecule has 0 amide bonds. The highest BCUT2D eigenvalue weighted by atomic mass is 32.2. The Kier molecular flexibility index (Phi) is 3.68. The Morgan fingerprint density at radius 1 is 1.21 bits per heavy atom. The summed E-state index contributed by atoms with van der Waals surface area (Å²) in [5, 5.41) is 10.6. The van der Waals surface area contributed by atoms with Crippen molar-refractivity contribution < 1.29 is 22.7 Å². The van der Waals surface area contributed by atoms with Crippen LogP contribution in [0, 0.1) is 0 Å². The van der Waals surface area contributed by atoms with E-state index in [2.05, 4.69) is 4.72 Å². The SMILES string of the molecule is O=C([O-])c1ccc(S(=O)(=O)NCc2ccco2)cc1.